The molecule has 0 aromatic heterocycles. The van der Waals surface area contributed by atoms with Crippen LogP contribution < -0.4 is 5.32 Å². The maximum absolute atomic E-state index is 12.0. The largest absolute Gasteiger partial charge is 0.352 e. The monoisotopic (exact) mass is 230 g/mol. The summed E-state index contributed by atoms with van der Waals surface area (Å²) in [5, 5.41) is 12.0. The molecule has 0 bridgehead atoms. The molecule has 0 saturated heterocycles. The Kier molecular flexibility index (Phi) is 5.22. The minimum Gasteiger partial charge on any atom is -0.352 e. The van der Waals surface area contributed by atoms with Gasteiger partial charge in [-0.3, -0.25) is 4.79 Å². The minimum absolute atomic E-state index is 0.155. The van der Waals surface area contributed by atoms with Crippen LogP contribution in [0.4, 0.5) is 0 Å². The first-order chi connectivity index (χ1) is 8.22. The average molecular weight is 230 g/mol. The van der Waals surface area contributed by atoms with Crippen molar-refractivity contribution in [1.29, 1.82) is 5.26 Å². The number of nitrogens with one attached hydrogen (secondary N) is 1. The molecule has 0 aliphatic rings. The maximum Gasteiger partial charge on any atom is 0.242 e. The van der Waals surface area contributed by atoms with Gasteiger partial charge in [-0.15, -0.1) is 0 Å². The van der Waals surface area contributed by atoms with Gasteiger partial charge in [-0.2, -0.15) is 5.26 Å². The van der Waals surface area contributed by atoms with Gasteiger partial charge in [-0.05, 0) is 18.4 Å². The third-order valence-corrected chi connectivity index (χ3v) is 2.86. The minimum atomic E-state index is -0.711. The van der Waals surface area contributed by atoms with Gasteiger partial charge in [0.15, 0.2) is 0 Å². The Labute approximate surface area is 102 Å². The van der Waals surface area contributed by atoms with Gasteiger partial charge in [-0.25, -0.2) is 0 Å². The number of nitriles is 1. The van der Waals surface area contributed by atoms with Crippen LogP contribution in [-0.4, -0.2) is 11.9 Å². The van der Waals surface area contributed by atoms with Crippen LogP contribution in [0.5, 0.6) is 0 Å². The predicted molar refractivity (Wildman–Crippen MR) is 67.3 cm³/mol. The Balaban J connectivity index is 2.76. The summed E-state index contributed by atoms with van der Waals surface area (Å²) in [6, 6.07) is 11.4. The normalized spacial score (nSPS) is 11.9. The van der Waals surface area contributed by atoms with Crippen LogP contribution in [0.25, 0.3) is 0 Å². The van der Waals surface area contributed by atoms with Crippen molar-refractivity contribution in [2.75, 3.05) is 0 Å². The zero-order chi connectivity index (χ0) is 12.7. The summed E-state index contributed by atoms with van der Waals surface area (Å²) in [7, 11) is 0. The van der Waals surface area contributed by atoms with Crippen LogP contribution in [0.1, 0.15) is 38.2 Å². The maximum atomic E-state index is 12.0. The molecule has 3 nitrogen and oxygen atoms in total. The van der Waals surface area contributed by atoms with E-state index in [0.717, 1.165) is 18.4 Å². The molecular weight excluding hydrogens is 212 g/mol. The summed E-state index contributed by atoms with van der Waals surface area (Å²) in [6.07, 6.45) is 1.77. The van der Waals surface area contributed by atoms with Crippen LogP contribution >= 0.6 is 0 Å². The van der Waals surface area contributed by atoms with E-state index in [4.69, 9.17) is 5.26 Å². The van der Waals surface area contributed by atoms with Gasteiger partial charge in [0.1, 0.15) is 5.92 Å². The second-order valence-corrected chi connectivity index (χ2v) is 3.99. The van der Waals surface area contributed by atoms with E-state index in [0.29, 0.717) is 0 Å². The van der Waals surface area contributed by atoms with Crippen molar-refractivity contribution in [2.24, 2.45) is 0 Å². The molecule has 90 valence electrons. The number of carbonyl (C=O) groups is 1. The molecule has 0 saturated carbocycles. The molecule has 1 rings (SSSR count). The molecule has 17 heavy (non-hydrogen) atoms. The fraction of sp³-hybridized carbons (Fsp3) is 0.429. The van der Waals surface area contributed by atoms with Crippen molar-refractivity contribution in [3.63, 3.8) is 0 Å². The Morgan fingerprint density at radius 2 is 1.88 bits per heavy atom. The van der Waals surface area contributed by atoms with E-state index < -0.39 is 5.92 Å². The van der Waals surface area contributed by atoms with Gasteiger partial charge < -0.3 is 5.32 Å². The first kappa shape index (κ1) is 13.2. The Hall–Kier alpha value is -1.82. The molecule has 1 unspecified atom stereocenters. The summed E-state index contributed by atoms with van der Waals surface area (Å²) in [6.45, 7) is 4.05. The van der Waals surface area contributed by atoms with Crippen LogP contribution in [0.15, 0.2) is 30.3 Å². The van der Waals surface area contributed by atoms with Crippen molar-refractivity contribution < 1.29 is 4.79 Å². The second kappa shape index (κ2) is 6.70. The third-order valence-electron chi connectivity index (χ3n) is 2.86. The van der Waals surface area contributed by atoms with Gasteiger partial charge in [0.2, 0.25) is 5.91 Å². The van der Waals surface area contributed by atoms with Crippen LogP contribution in [0.2, 0.25) is 0 Å². The predicted octanol–water partition coefficient (Wildman–Crippen LogP) is 2.60. The smallest absolute Gasteiger partial charge is 0.242 e. The zero-order valence-corrected chi connectivity index (χ0v) is 10.3. The van der Waals surface area contributed by atoms with Crippen molar-refractivity contribution in [2.45, 2.75) is 38.6 Å². The molecule has 0 radical (unpaired) electrons. The molecule has 0 aliphatic carbocycles. The van der Waals surface area contributed by atoms with E-state index in [1.165, 1.54) is 0 Å². The molecule has 0 fully saturated rings. The molecule has 1 N–H and O–H groups in total. The van der Waals surface area contributed by atoms with Gasteiger partial charge in [0.05, 0.1) is 6.07 Å². The molecular formula is C14H18N2O. The lowest BCUT2D eigenvalue weighted by molar-refractivity contribution is -0.122. The lowest BCUT2D eigenvalue weighted by atomic mass is 9.99. The average Bonchev–Trinajstić information content (AvgIpc) is 2.38. The van der Waals surface area contributed by atoms with Crippen molar-refractivity contribution >= 4 is 5.91 Å². The first-order valence-corrected chi connectivity index (χ1v) is 5.97. The van der Waals surface area contributed by atoms with E-state index in [9.17, 15) is 4.79 Å². The molecule has 1 amide bonds. The molecule has 0 heterocycles. The van der Waals surface area contributed by atoms with E-state index in [1.54, 1.807) is 12.1 Å². The topological polar surface area (TPSA) is 52.9 Å². The SMILES string of the molecule is CCC(CC)NC(=O)C(C#N)c1ccccc1. The Bertz CT molecular complexity index is 390. The Morgan fingerprint density at radius 3 is 2.35 bits per heavy atom. The molecule has 1 aromatic carbocycles. The van der Waals surface area contributed by atoms with Gasteiger partial charge >= 0.3 is 0 Å². The highest BCUT2D eigenvalue weighted by Crippen LogP contribution is 2.15. The summed E-state index contributed by atoms with van der Waals surface area (Å²) in [4.78, 5) is 12.0. The van der Waals surface area contributed by atoms with E-state index in [-0.39, 0.29) is 11.9 Å². The Morgan fingerprint density at radius 1 is 1.29 bits per heavy atom. The third kappa shape index (κ3) is 3.60. The van der Waals surface area contributed by atoms with Crippen molar-refractivity contribution in [3.05, 3.63) is 35.9 Å². The van der Waals surface area contributed by atoms with E-state index in [1.807, 2.05) is 32.0 Å². The van der Waals surface area contributed by atoms with E-state index >= 15 is 0 Å². The number of nitrogens with zero attached hydrogens (tertiary/aromatic N) is 1. The highest BCUT2D eigenvalue weighted by atomic mass is 16.1. The lowest BCUT2D eigenvalue weighted by Crippen LogP contribution is -2.37. The number of hydrogen-bond donors (Lipinski definition) is 1. The van der Waals surface area contributed by atoms with Crippen molar-refractivity contribution in [1.82, 2.24) is 5.32 Å². The lowest BCUT2D eigenvalue weighted by Gasteiger charge is -2.17. The molecule has 0 aliphatic heterocycles. The number of benzene rings is 1. The highest BCUT2D eigenvalue weighted by molar-refractivity contribution is 5.86. The number of rotatable bonds is 5. The number of carbonyl (C=O) groups excluding carboxylic acids is 1. The first-order valence-electron chi connectivity index (χ1n) is 5.97. The molecule has 1 atom stereocenters. The summed E-state index contributed by atoms with van der Waals surface area (Å²) >= 11 is 0. The van der Waals surface area contributed by atoms with Gasteiger partial charge in [-0.1, -0.05) is 44.2 Å². The molecule has 1 aromatic rings. The quantitative estimate of drug-likeness (QED) is 0.845. The highest BCUT2D eigenvalue weighted by Gasteiger charge is 2.21. The van der Waals surface area contributed by atoms with Crippen molar-refractivity contribution in [3.8, 4) is 6.07 Å². The fourth-order valence-corrected chi connectivity index (χ4v) is 1.71. The van der Waals surface area contributed by atoms with Crippen LogP contribution in [0, 0.1) is 11.3 Å². The standard InChI is InChI=1S/C14H18N2O/c1-3-12(4-2)16-14(17)13(10-15)11-8-6-5-7-9-11/h5-9,12-13H,3-4H2,1-2H3,(H,16,17). The molecule has 3 heteroatoms. The van der Waals surface area contributed by atoms with Crippen LogP contribution in [-0.2, 0) is 4.79 Å². The summed E-state index contributed by atoms with van der Waals surface area (Å²) in [5.74, 6) is -0.913. The number of hydrogen-bond acceptors (Lipinski definition) is 2. The van der Waals surface area contributed by atoms with Crippen LogP contribution in [0.3, 0.4) is 0 Å². The number of amides is 1. The van der Waals surface area contributed by atoms with Gasteiger partial charge in [0, 0.05) is 6.04 Å². The fourth-order valence-electron chi connectivity index (χ4n) is 1.71. The second-order valence-electron chi connectivity index (χ2n) is 3.99. The molecule has 0 spiro atoms. The summed E-state index contributed by atoms with van der Waals surface area (Å²) < 4.78 is 0. The summed E-state index contributed by atoms with van der Waals surface area (Å²) in [5.41, 5.74) is 0.749. The zero-order valence-electron chi connectivity index (χ0n) is 10.3. The van der Waals surface area contributed by atoms with Gasteiger partial charge in [0.25, 0.3) is 0 Å². The van der Waals surface area contributed by atoms with E-state index in [2.05, 4.69) is 11.4 Å².